The number of aliphatic carboxylic acids is 1. The zero-order valence-electron chi connectivity index (χ0n) is 11.1. The van der Waals surface area contributed by atoms with E-state index in [0.717, 1.165) is 11.3 Å². The lowest BCUT2D eigenvalue weighted by Crippen LogP contribution is -2.46. The first-order valence-corrected chi connectivity index (χ1v) is 6.34. The van der Waals surface area contributed by atoms with Crippen molar-refractivity contribution in [3.8, 4) is 0 Å². The quantitative estimate of drug-likeness (QED) is 0.845. The molecule has 0 radical (unpaired) electrons. The number of carboxylic acid groups (broad SMARTS) is 1. The molecule has 0 aromatic heterocycles. The molecule has 0 saturated heterocycles. The number of nitrogens with zero attached hydrogens (tertiary/aromatic N) is 1. The average molecular weight is 262 g/mol. The maximum Gasteiger partial charge on any atom is 0.327 e. The SMILES string of the molecule is CNCC(C)C(=O)N1c2ccccc2C[C@H]1C(=O)O. The summed E-state index contributed by atoms with van der Waals surface area (Å²) in [5, 5.41) is 12.3. The number of hydrogen-bond acceptors (Lipinski definition) is 3. The van der Waals surface area contributed by atoms with Crippen molar-refractivity contribution in [1.82, 2.24) is 5.32 Å². The number of carbonyl (C=O) groups excluding carboxylic acids is 1. The van der Waals surface area contributed by atoms with Gasteiger partial charge in [-0.05, 0) is 18.7 Å². The zero-order chi connectivity index (χ0) is 14.0. The number of rotatable bonds is 4. The van der Waals surface area contributed by atoms with Crippen LogP contribution in [-0.2, 0) is 16.0 Å². The Morgan fingerprint density at radius 1 is 1.47 bits per heavy atom. The third-order valence-corrected chi connectivity index (χ3v) is 3.43. The van der Waals surface area contributed by atoms with E-state index in [0.29, 0.717) is 13.0 Å². The van der Waals surface area contributed by atoms with Crippen molar-refractivity contribution in [2.75, 3.05) is 18.5 Å². The fourth-order valence-electron chi connectivity index (χ4n) is 2.49. The standard InChI is InChI=1S/C14H18N2O3/c1-9(8-15-2)13(17)16-11-6-4-3-5-10(11)7-12(16)14(18)19/h3-6,9,12,15H,7-8H2,1-2H3,(H,18,19)/t9?,12-/m0/s1. The van der Waals surface area contributed by atoms with Gasteiger partial charge in [0.2, 0.25) is 5.91 Å². The second-order valence-corrected chi connectivity index (χ2v) is 4.85. The minimum Gasteiger partial charge on any atom is -0.480 e. The molecular formula is C14H18N2O3. The summed E-state index contributed by atoms with van der Waals surface area (Å²) < 4.78 is 0. The first-order valence-electron chi connectivity index (χ1n) is 6.34. The molecule has 1 unspecified atom stereocenters. The van der Waals surface area contributed by atoms with Gasteiger partial charge in [0, 0.05) is 24.6 Å². The topological polar surface area (TPSA) is 69.6 Å². The molecule has 2 atom stereocenters. The minimum absolute atomic E-state index is 0.147. The highest BCUT2D eigenvalue weighted by molar-refractivity contribution is 6.02. The van der Waals surface area contributed by atoms with Gasteiger partial charge in [0.25, 0.3) is 0 Å². The van der Waals surface area contributed by atoms with E-state index >= 15 is 0 Å². The molecule has 0 aliphatic carbocycles. The number of hydrogen-bond donors (Lipinski definition) is 2. The molecule has 102 valence electrons. The van der Waals surface area contributed by atoms with Gasteiger partial charge in [-0.15, -0.1) is 0 Å². The Hall–Kier alpha value is -1.88. The van der Waals surface area contributed by atoms with Crippen LogP contribution in [0.5, 0.6) is 0 Å². The van der Waals surface area contributed by atoms with Crippen molar-refractivity contribution < 1.29 is 14.7 Å². The molecule has 0 saturated carbocycles. The summed E-state index contributed by atoms with van der Waals surface area (Å²) in [6.45, 7) is 2.34. The number of amides is 1. The second kappa shape index (κ2) is 5.40. The lowest BCUT2D eigenvalue weighted by molar-refractivity contribution is -0.140. The van der Waals surface area contributed by atoms with E-state index in [1.54, 1.807) is 14.0 Å². The molecule has 5 nitrogen and oxygen atoms in total. The zero-order valence-corrected chi connectivity index (χ0v) is 11.1. The first-order chi connectivity index (χ1) is 9.06. The summed E-state index contributed by atoms with van der Waals surface area (Å²) in [5.74, 6) is -1.36. The van der Waals surface area contributed by atoms with Crippen molar-refractivity contribution in [3.63, 3.8) is 0 Å². The summed E-state index contributed by atoms with van der Waals surface area (Å²) in [4.78, 5) is 25.2. The van der Waals surface area contributed by atoms with Crippen LogP contribution in [-0.4, -0.2) is 36.6 Å². The Kier molecular flexibility index (Phi) is 3.85. The van der Waals surface area contributed by atoms with Crippen molar-refractivity contribution in [2.24, 2.45) is 5.92 Å². The highest BCUT2D eigenvalue weighted by atomic mass is 16.4. The van der Waals surface area contributed by atoms with Crippen molar-refractivity contribution in [3.05, 3.63) is 29.8 Å². The number of fused-ring (bicyclic) bond motifs is 1. The fourth-order valence-corrected chi connectivity index (χ4v) is 2.49. The summed E-state index contributed by atoms with van der Waals surface area (Å²) in [5.41, 5.74) is 1.64. The smallest absolute Gasteiger partial charge is 0.327 e. The van der Waals surface area contributed by atoms with Gasteiger partial charge in [-0.25, -0.2) is 4.79 Å². The van der Waals surface area contributed by atoms with Crippen LogP contribution in [0.3, 0.4) is 0 Å². The van der Waals surface area contributed by atoms with E-state index in [2.05, 4.69) is 5.32 Å². The largest absolute Gasteiger partial charge is 0.480 e. The normalized spacial score (nSPS) is 19.1. The maximum atomic E-state index is 12.4. The minimum atomic E-state index is -0.957. The van der Waals surface area contributed by atoms with E-state index < -0.39 is 12.0 Å². The van der Waals surface area contributed by atoms with Crippen LogP contribution in [0.15, 0.2) is 24.3 Å². The number of carbonyl (C=O) groups is 2. The van der Waals surface area contributed by atoms with Gasteiger partial charge in [0.15, 0.2) is 0 Å². The third-order valence-electron chi connectivity index (χ3n) is 3.43. The highest BCUT2D eigenvalue weighted by Crippen LogP contribution is 2.33. The molecule has 1 aromatic carbocycles. The van der Waals surface area contributed by atoms with Crippen LogP contribution in [0.1, 0.15) is 12.5 Å². The van der Waals surface area contributed by atoms with Gasteiger partial charge in [0.05, 0.1) is 0 Å². The van der Waals surface area contributed by atoms with Gasteiger partial charge < -0.3 is 10.4 Å². The van der Waals surface area contributed by atoms with Crippen LogP contribution >= 0.6 is 0 Å². The van der Waals surface area contributed by atoms with Crippen molar-refractivity contribution in [2.45, 2.75) is 19.4 Å². The number of para-hydroxylation sites is 1. The van der Waals surface area contributed by atoms with Crippen LogP contribution in [0.25, 0.3) is 0 Å². The first kappa shape index (κ1) is 13.5. The second-order valence-electron chi connectivity index (χ2n) is 4.85. The molecule has 0 bridgehead atoms. The molecule has 1 aliphatic heterocycles. The number of nitrogens with one attached hydrogen (secondary N) is 1. The molecular weight excluding hydrogens is 244 g/mol. The van der Waals surface area contributed by atoms with Crippen LogP contribution in [0.4, 0.5) is 5.69 Å². The Labute approximate surface area is 112 Å². The summed E-state index contributed by atoms with van der Waals surface area (Å²) >= 11 is 0. The van der Waals surface area contributed by atoms with Crippen molar-refractivity contribution >= 4 is 17.6 Å². The monoisotopic (exact) mass is 262 g/mol. The average Bonchev–Trinajstić information content (AvgIpc) is 2.77. The van der Waals surface area contributed by atoms with Gasteiger partial charge in [-0.2, -0.15) is 0 Å². The molecule has 1 heterocycles. The van der Waals surface area contributed by atoms with E-state index in [-0.39, 0.29) is 11.8 Å². The Balaban J connectivity index is 2.34. The predicted octanol–water partition coefficient (Wildman–Crippen LogP) is 0.884. The fraction of sp³-hybridized carbons (Fsp3) is 0.429. The maximum absolute atomic E-state index is 12.4. The lowest BCUT2D eigenvalue weighted by atomic mass is 10.1. The third kappa shape index (κ3) is 2.46. The van der Waals surface area contributed by atoms with Gasteiger partial charge in [-0.1, -0.05) is 25.1 Å². The Morgan fingerprint density at radius 2 is 2.16 bits per heavy atom. The molecule has 2 rings (SSSR count). The molecule has 19 heavy (non-hydrogen) atoms. The molecule has 2 N–H and O–H groups in total. The predicted molar refractivity (Wildman–Crippen MR) is 72.1 cm³/mol. The molecule has 5 heteroatoms. The molecule has 0 spiro atoms. The molecule has 0 fully saturated rings. The van der Waals surface area contributed by atoms with E-state index in [1.807, 2.05) is 24.3 Å². The van der Waals surface area contributed by atoms with Crippen LogP contribution in [0, 0.1) is 5.92 Å². The highest BCUT2D eigenvalue weighted by Gasteiger charge is 2.39. The van der Waals surface area contributed by atoms with E-state index in [4.69, 9.17) is 0 Å². The van der Waals surface area contributed by atoms with Crippen LogP contribution < -0.4 is 10.2 Å². The number of anilines is 1. The summed E-state index contributed by atoms with van der Waals surface area (Å²) in [6, 6.07) is 6.59. The van der Waals surface area contributed by atoms with E-state index in [9.17, 15) is 14.7 Å². The number of carboxylic acids is 1. The Bertz CT molecular complexity index is 501. The molecule has 1 aromatic rings. The Morgan fingerprint density at radius 3 is 2.79 bits per heavy atom. The van der Waals surface area contributed by atoms with Crippen molar-refractivity contribution in [1.29, 1.82) is 0 Å². The van der Waals surface area contributed by atoms with Gasteiger partial charge in [-0.3, -0.25) is 9.69 Å². The summed E-state index contributed by atoms with van der Waals surface area (Å²) in [6.07, 6.45) is 0.378. The van der Waals surface area contributed by atoms with Crippen LogP contribution in [0.2, 0.25) is 0 Å². The molecule has 1 amide bonds. The lowest BCUT2D eigenvalue weighted by Gasteiger charge is -2.25. The molecule has 1 aliphatic rings. The van der Waals surface area contributed by atoms with Gasteiger partial charge >= 0.3 is 5.97 Å². The van der Waals surface area contributed by atoms with Gasteiger partial charge in [0.1, 0.15) is 6.04 Å². The number of benzene rings is 1. The summed E-state index contributed by atoms with van der Waals surface area (Å²) in [7, 11) is 1.77. The van der Waals surface area contributed by atoms with E-state index in [1.165, 1.54) is 4.90 Å².